The zero-order valence-electron chi connectivity index (χ0n) is 19.7. The molecule has 3 aromatic carbocycles. The fraction of sp³-hybridized carbons (Fsp3) is 0.296. The average molecular weight is 499 g/mol. The van der Waals surface area contributed by atoms with E-state index in [1.807, 2.05) is 29.2 Å². The highest BCUT2D eigenvalue weighted by Gasteiger charge is 2.33. The van der Waals surface area contributed by atoms with Crippen molar-refractivity contribution in [2.75, 3.05) is 32.1 Å². The molecule has 9 heteroatoms. The van der Waals surface area contributed by atoms with Gasteiger partial charge in [0.15, 0.2) is 0 Å². The Morgan fingerprint density at radius 3 is 2.56 bits per heavy atom. The van der Waals surface area contributed by atoms with Crippen molar-refractivity contribution in [3.63, 3.8) is 0 Å². The molecule has 0 radical (unpaired) electrons. The molecule has 0 aliphatic carbocycles. The van der Waals surface area contributed by atoms with Crippen LogP contribution >= 0.6 is 0 Å². The summed E-state index contributed by atoms with van der Waals surface area (Å²) in [5, 5.41) is 6.65. The number of nitrogens with zero attached hydrogens (tertiary/aromatic N) is 2. The zero-order chi connectivity index (χ0) is 25.3. The lowest BCUT2D eigenvalue weighted by Gasteiger charge is -2.36. The van der Waals surface area contributed by atoms with Gasteiger partial charge in [0.1, 0.15) is 17.4 Å². The number of nitrogens with one attached hydrogen (secondary N) is 2. The van der Waals surface area contributed by atoms with E-state index in [9.17, 15) is 17.6 Å². The van der Waals surface area contributed by atoms with Crippen LogP contribution < -0.4 is 15.4 Å². The van der Waals surface area contributed by atoms with Crippen LogP contribution in [-0.4, -0.2) is 43.5 Å². The Balaban J connectivity index is 1.44. The summed E-state index contributed by atoms with van der Waals surface area (Å²) in [7, 11) is 1.63. The smallest absolute Gasteiger partial charge is 0.416 e. The van der Waals surface area contributed by atoms with Gasteiger partial charge < -0.3 is 20.3 Å². The van der Waals surface area contributed by atoms with Gasteiger partial charge in [0.2, 0.25) is 0 Å². The molecule has 1 atom stereocenters. The molecule has 1 unspecified atom stereocenters. The molecule has 2 heterocycles. The SMILES string of the molecule is COc1ccc(CCC2CN(C3=Nc4cc(F)ccc4Nc4ccc(C(F)(F)F)cc43)CCN2)cc1. The Labute approximate surface area is 206 Å². The van der Waals surface area contributed by atoms with E-state index in [2.05, 4.69) is 10.6 Å². The van der Waals surface area contributed by atoms with E-state index in [-0.39, 0.29) is 6.04 Å². The standard InChI is InChI=1S/C27H26F4N4O/c1-36-21-8-3-17(4-9-21)2-7-20-16-35(13-12-32-20)26-22-14-18(27(29,30)31)5-10-23(22)33-24-11-6-19(28)15-25(24)34-26/h3-6,8-11,14-15,20,32-33H,2,7,12-13,16H2,1H3. The summed E-state index contributed by atoms with van der Waals surface area (Å²) in [4.78, 5) is 6.69. The first-order valence-electron chi connectivity index (χ1n) is 11.8. The first kappa shape index (κ1) is 24.1. The van der Waals surface area contributed by atoms with Crippen LogP contribution in [0.3, 0.4) is 0 Å². The molecule has 2 aliphatic heterocycles. The van der Waals surface area contributed by atoms with Gasteiger partial charge in [0.25, 0.3) is 0 Å². The molecule has 1 saturated heterocycles. The zero-order valence-corrected chi connectivity index (χ0v) is 19.7. The van der Waals surface area contributed by atoms with Crippen molar-refractivity contribution in [3.05, 3.63) is 83.2 Å². The summed E-state index contributed by atoms with van der Waals surface area (Å²) in [5.74, 6) is 0.747. The maximum atomic E-state index is 14.0. The maximum absolute atomic E-state index is 14.0. The van der Waals surface area contributed by atoms with Gasteiger partial charge in [-0.3, -0.25) is 0 Å². The van der Waals surface area contributed by atoms with Crippen LogP contribution in [0.5, 0.6) is 5.75 Å². The van der Waals surface area contributed by atoms with Crippen molar-refractivity contribution in [2.45, 2.75) is 25.1 Å². The molecule has 3 aromatic rings. The fourth-order valence-electron chi connectivity index (χ4n) is 4.62. The highest BCUT2D eigenvalue weighted by atomic mass is 19.4. The third kappa shape index (κ3) is 5.16. The van der Waals surface area contributed by atoms with E-state index < -0.39 is 17.6 Å². The maximum Gasteiger partial charge on any atom is 0.416 e. The van der Waals surface area contributed by atoms with E-state index in [0.717, 1.165) is 30.7 Å². The number of methoxy groups -OCH3 is 1. The second kappa shape index (κ2) is 9.81. The molecule has 0 bridgehead atoms. The first-order chi connectivity index (χ1) is 17.3. The van der Waals surface area contributed by atoms with Crippen LogP contribution in [0.25, 0.3) is 0 Å². The minimum absolute atomic E-state index is 0.112. The van der Waals surface area contributed by atoms with Crippen molar-refractivity contribution in [1.29, 1.82) is 0 Å². The van der Waals surface area contributed by atoms with Crippen molar-refractivity contribution in [3.8, 4) is 5.75 Å². The number of halogens is 4. The molecule has 1 fully saturated rings. The van der Waals surface area contributed by atoms with Crippen LogP contribution in [0, 0.1) is 5.82 Å². The van der Waals surface area contributed by atoms with Crippen LogP contribution in [0.4, 0.5) is 34.6 Å². The average Bonchev–Trinajstić information content (AvgIpc) is 3.03. The van der Waals surface area contributed by atoms with E-state index >= 15 is 0 Å². The van der Waals surface area contributed by atoms with Gasteiger partial charge in [0, 0.05) is 43.0 Å². The molecule has 0 aromatic heterocycles. The Morgan fingerprint density at radius 1 is 1.03 bits per heavy atom. The van der Waals surface area contributed by atoms with Crippen LogP contribution in [0.1, 0.15) is 23.1 Å². The van der Waals surface area contributed by atoms with Gasteiger partial charge in [-0.1, -0.05) is 12.1 Å². The third-order valence-corrected chi connectivity index (χ3v) is 6.54. The summed E-state index contributed by atoms with van der Waals surface area (Å²) in [6.07, 6.45) is -2.81. The van der Waals surface area contributed by atoms with Gasteiger partial charge in [-0.05, 0) is 60.9 Å². The number of fused-ring (bicyclic) bond motifs is 2. The first-order valence-corrected chi connectivity index (χ1v) is 11.8. The van der Waals surface area contributed by atoms with Crippen molar-refractivity contribution < 1.29 is 22.3 Å². The molecule has 2 aliphatic rings. The van der Waals surface area contributed by atoms with Crippen molar-refractivity contribution in [2.24, 2.45) is 4.99 Å². The van der Waals surface area contributed by atoms with Crippen molar-refractivity contribution >= 4 is 22.9 Å². The van der Waals surface area contributed by atoms with E-state index in [0.29, 0.717) is 48.1 Å². The van der Waals surface area contributed by atoms with E-state index in [4.69, 9.17) is 9.73 Å². The number of alkyl halides is 3. The number of amidine groups is 1. The van der Waals surface area contributed by atoms with Crippen LogP contribution in [0.15, 0.2) is 65.7 Å². The molecule has 36 heavy (non-hydrogen) atoms. The lowest BCUT2D eigenvalue weighted by molar-refractivity contribution is -0.137. The van der Waals surface area contributed by atoms with Crippen LogP contribution in [0.2, 0.25) is 0 Å². The largest absolute Gasteiger partial charge is 0.497 e. The molecule has 0 saturated carbocycles. The Kier molecular flexibility index (Phi) is 6.57. The normalized spacial score (nSPS) is 17.4. The predicted molar refractivity (Wildman–Crippen MR) is 132 cm³/mol. The van der Waals surface area contributed by atoms with Crippen molar-refractivity contribution in [1.82, 2.24) is 10.2 Å². The summed E-state index contributed by atoms with van der Waals surface area (Å²) >= 11 is 0. The summed E-state index contributed by atoms with van der Waals surface area (Å²) in [6, 6.07) is 15.7. The number of ether oxygens (including phenoxy) is 1. The lowest BCUT2D eigenvalue weighted by atomic mass is 10.0. The minimum atomic E-state index is -4.49. The summed E-state index contributed by atoms with van der Waals surface area (Å²) in [6.45, 7) is 1.79. The van der Waals surface area contributed by atoms with Gasteiger partial charge >= 0.3 is 6.18 Å². The molecular weight excluding hydrogens is 472 g/mol. The predicted octanol–water partition coefficient (Wildman–Crippen LogP) is 5.90. The Hall–Kier alpha value is -3.59. The molecule has 0 spiro atoms. The van der Waals surface area contributed by atoms with Gasteiger partial charge in [-0.15, -0.1) is 0 Å². The third-order valence-electron chi connectivity index (χ3n) is 6.54. The number of aliphatic imine (C=N–C) groups is 1. The Bertz CT molecular complexity index is 1270. The molecule has 5 rings (SSSR count). The van der Waals surface area contributed by atoms with Gasteiger partial charge in [-0.2, -0.15) is 13.2 Å². The number of aryl methyl sites for hydroxylation is 1. The Morgan fingerprint density at radius 2 is 1.81 bits per heavy atom. The molecule has 0 amide bonds. The second-order valence-electron chi connectivity index (χ2n) is 8.96. The number of anilines is 2. The fourth-order valence-corrected chi connectivity index (χ4v) is 4.62. The van der Waals surface area contributed by atoms with E-state index in [1.165, 1.54) is 23.8 Å². The monoisotopic (exact) mass is 498 g/mol. The number of rotatable bonds is 4. The quantitative estimate of drug-likeness (QED) is 0.440. The molecular formula is C27H26F4N4O. The number of piperazine rings is 1. The topological polar surface area (TPSA) is 48.9 Å². The highest BCUT2D eigenvalue weighted by Crippen LogP contribution is 2.38. The molecule has 2 N–H and O–H groups in total. The van der Waals surface area contributed by atoms with Gasteiger partial charge in [-0.25, -0.2) is 9.38 Å². The summed E-state index contributed by atoms with van der Waals surface area (Å²) < 4.78 is 60.0. The summed E-state index contributed by atoms with van der Waals surface area (Å²) in [5.41, 5.74) is 2.16. The number of hydrogen-bond donors (Lipinski definition) is 2. The molecule has 188 valence electrons. The second-order valence-corrected chi connectivity index (χ2v) is 8.96. The van der Waals surface area contributed by atoms with Gasteiger partial charge in [0.05, 0.1) is 24.0 Å². The molecule has 5 nitrogen and oxygen atoms in total. The lowest BCUT2D eigenvalue weighted by Crippen LogP contribution is -2.53. The number of hydrogen-bond acceptors (Lipinski definition) is 5. The van der Waals surface area contributed by atoms with E-state index in [1.54, 1.807) is 13.2 Å². The minimum Gasteiger partial charge on any atom is -0.497 e. The number of benzene rings is 3. The highest BCUT2D eigenvalue weighted by molar-refractivity contribution is 6.08. The van der Waals surface area contributed by atoms with Crippen LogP contribution in [-0.2, 0) is 12.6 Å².